The molecule has 3 N–H and O–H groups in total. The van der Waals surface area contributed by atoms with E-state index in [0.29, 0.717) is 12.4 Å². The first-order valence-corrected chi connectivity index (χ1v) is 19.6. The Labute approximate surface area is 406 Å². The summed E-state index contributed by atoms with van der Waals surface area (Å²) in [4.78, 5) is 59.0. The number of likely N-dealkylation sites (tertiary alicyclic amines) is 2. The van der Waals surface area contributed by atoms with E-state index >= 15 is 4.39 Å². The molecule has 6 atom stereocenters. The van der Waals surface area contributed by atoms with E-state index in [1.807, 2.05) is 68.1 Å². The molecule has 4 aromatic rings. The lowest BCUT2D eigenvalue weighted by Crippen LogP contribution is -2.51. The maximum atomic E-state index is 15.4. The van der Waals surface area contributed by atoms with E-state index in [9.17, 15) is 14.4 Å². The number of amides is 3. The van der Waals surface area contributed by atoms with Gasteiger partial charge in [-0.1, -0.05) is 58.6 Å². The van der Waals surface area contributed by atoms with Crippen molar-refractivity contribution in [1.29, 1.82) is 0 Å². The predicted molar refractivity (Wildman–Crippen MR) is 272 cm³/mol. The summed E-state index contributed by atoms with van der Waals surface area (Å²) in [6.45, 7) is 12.5. The molecule has 0 saturated carbocycles. The molecule has 2 aromatic carbocycles. The Hall–Kier alpha value is -3.12. The lowest BCUT2D eigenvalue weighted by molar-refractivity contribution is -0.138. The highest BCUT2D eigenvalue weighted by molar-refractivity contribution is 7.60. The molecule has 3 aliphatic heterocycles. The van der Waals surface area contributed by atoms with Crippen LogP contribution in [-0.4, -0.2) is 91.8 Å². The molecule has 3 aliphatic rings. The Kier molecular flexibility index (Phi) is 21.3. The number of nitrogens with one attached hydrogen (secondary N) is 3. The second-order valence-corrected chi connectivity index (χ2v) is 16.7. The van der Waals surface area contributed by atoms with Gasteiger partial charge in [0.1, 0.15) is 23.4 Å². The van der Waals surface area contributed by atoms with Gasteiger partial charge in [0.2, 0.25) is 11.8 Å². The van der Waals surface area contributed by atoms with Crippen LogP contribution in [0.2, 0.25) is 0 Å². The minimum Gasteiger partial charge on any atom is -0.453 e. The molecule has 1 spiro atoms. The molecule has 5 heterocycles. The van der Waals surface area contributed by atoms with Crippen molar-refractivity contribution in [3.8, 4) is 23.1 Å². The van der Waals surface area contributed by atoms with E-state index in [1.54, 1.807) is 6.20 Å². The number of alkyl halides is 1. The molecule has 7 rings (SSSR count). The normalized spacial score (nSPS) is 22.2. The number of benzene rings is 2. The maximum Gasteiger partial charge on any atom is 0.407 e. The summed E-state index contributed by atoms with van der Waals surface area (Å²) in [5.74, 6) is 7.43. The van der Waals surface area contributed by atoms with Crippen molar-refractivity contribution in [3.05, 3.63) is 71.4 Å². The van der Waals surface area contributed by atoms with Crippen molar-refractivity contribution < 1.29 is 28.2 Å². The molecule has 344 valence electrons. The highest BCUT2D eigenvalue weighted by Gasteiger charge is 2.51. The van der Waals surface area contributed by atoms with Gasteiger partial charge in [0, 0.05) is 36.5 Å². The van der Waals surface area contributed by atoms with Gasteiger partial charge in [0.05, 0.1) is 60.8 Å². The van der Waals surface area contributed by atoms with Crippen LogP contribution in [0.4, 0.5) is 9.18 Å². The molecule has 2 aromatic heterocycles. The average Bonchev–Trinajstić information content (AvgIpc) is 4.02. The first kappa shape index (κ1) is 56.9. The van der Waals surface area contributed by atoms with Crippen LogP contribution in [0.25, 0.3) is 22.3 Å². The number of carbonyl (C=O) groups excluding carboxylic acids is 3. The van der Waals surface area contributed by atoms with Gasteiger partial charge in [-0.2, -0.15) is 81.0 Å². The largest absolute Gasteiger partial charge is 0.453 e. The van der Waals surface area contributed by atoms with E-state index in [-0.39, 0.29) is 135 Å². The third-order valence-electron chi connectivity index (χ3n) is 11.7. The zero-order valence-electron chi connectivity index (χ0n) is 36.2. The topological polar surface area (TPSA) is 146 Å². The quantitative estimate of drug-likeness (QED) is 0.155. The number of hydrogen-bond acceptors (Lipinski definition) is 7. The van der Waals surface area contributed by atoms with E-state index < -0.39 is 23.8 Å². The summed E-state index contributed by atoms with van der Waals surface area (Å²) in [7, 11) is 1.24. The van der Waals surface area contributed by atoms with Crippen molar-refractivity contribution >= 4 is 110 Å². The summed E-state index contributed by atoms with van der Waals surface area (Å²) >= 11 is 0. The maximum absolute atomic E-state index is 15.4. The van der Waals surface area contributed by atoms with Crippen molar-refractivity contribution in [2.45, 2.75) is 96.6 Å². The number of methoxy groups -OCH3 is 1. The summed E-state index contributed by atoms with van der Waals surface area (Å²) in [5, 5.41) is 2.60. The summed E-state index contributed by atoms with van der Waals surface area (Å²) in [6, 6.07) is 11.9. The van der Waals surface area contributed by atoms with E-state index in [0.717, 1.165) is 65.1 Å². The third kappa shape index (κ3) is 12.2. The monoisotopic (exact) mass is 969 g/mol. The average molecular weight is 970 g/mol. The second kappa shape index (κ2) is 23.2. The van der Waals surface area contributed by atoms with Gasteiger partial charge in [-0.3, -0.25) is 9.59 Å². The Morgan fingerprint density at radius 1 is 0.855 bits per heavy atom. The molecule has 0 radical (unpaired) electrons. The molecule has 0 aliphatic carbocycles. The first-order chi connectivity index (χ1) is 26.7. The summed E-state index contributed by atoms with van der Waals surface area (Å²) < 4.78 is 26.4. The zero-order chi connectivity index (χ0) is 39.9. The molecular formula is C43H64FN7O5S6. The van der Waals surface area contributed by atoms with Gasteiger partial charge in [-0.15, -0.1) is 0 Å². The Morgan fingerprint density at radius 3 is 2.10 bits per heavy atom. The molecule has 3 amide bonds. The smallest absolute Gasteiger partial charge is 0.407 e. The van der Waals surface area contributed by atoms with Crippen molar-refractivity contribution in [1.82, 2.24) is 35.1 Å². The Bertz CT molecular complexity index is 2190. The summed E-state index contributed by atoms with van der Waals surface area (Å²) in [5.41, 5.74) is 2.99. The number of H-pyrrole nitrogens is 2. The Morgan fingerprint density at radius 2 is 1.48 bits per heavy atom. The molecule has 0 bridgehead atoms. The van der Waals surface area contributed by atoms with Crippen LogP contribution in [-0.2, 0) is 19.1 Å². The lowest BCUT2D eigenvalue weighted by atomic mass is 9.96. The van der Waals surface area contributed by atoms with E-state index in [4.69, 9.17) is 14.5 Å². The second-order valence-electron chi connectivity index (χ2n) is 16.7. The minimum absolute atomic E-state index is 0. The highest BCUT2D eigenvalue weighted by Crippen LogP contribution is 2.45. The zero-order valence-corrected chi connectivity index (χ0v) is 42.2. The fourth-order valence-electron chi connectivity index (χ4n) is 8.20. The molecular weight excluding hydrogens is 906 g/mol. The van der Waals surface area contributed by atoms with Gasteiger partial charge in [0.25, 0.3) is 0 Å². The van der Waals surface area contributed by atoms with Crippen molar-refractivity contribution in [2.75, 3.05) is 26.8 Å². The molecule has 0 unspecified atom stereocenters. The third-order valence-corrected chi connectivity index (χ3v) is 11.7. The van der Waals surface area contributed by atoms with Crippen LogP contribution in [0.1, 0.15) is 102 Å². The number of halogens is 1. The van der Waals surface area contributed by atoms with Crippen LogP contribution in [0.15, 0.2) is 48.7 Å². The number of hydrogen-bond donors (Lipinski definition) is 3. The molecule has 12 nitrogen and oxygen atoms in total. The number of ether oxygens (including phenoxy) is 2. The number of aromatic nitrogens is 4. The van der Waals surface area contributed by atoms with Crippen molar-refractivity contribution in [2.24, 2.45) is 17.8 Å². The number of imidazole rings is 2. The molecule has 62 heavy (non-hydrogen) atoms. The fraction of sp³-hybridized carbons (Fsp3) is 0.512. The van der Waals surface area contributed by atoms with Crippen LogP contribution >= 0.6 is 81.0 Å². The van der Waals surface area contributed by atoms with E-state index in [1.165, 1.54) is 18.9 Å². The first-order valence-electron chi connectivity index (χ1n) is 19.6. The van der Waals surface area contributed by atoms with Gasteiger partial charge >= 0.3 is 6.09 Å². The van der Waals surface area contributed by atoms with Crippen LogP contribution in [0, 0.1) is 29.6 Å². The number of carbonyl (C=O) groups is 3. The fourth-order valence-corrected chi connectivity index (χ4v) is 8.20. The standard InChI is InChI=1S/C43H52FN7O5.6H2S/c1-25(2)27(5)39(52)51-24-43(17-8-18-56-43)21-35(51)38-46-31-16-13-29(19-32(31)47-38)10-9-28-11-14-30(15-12-28)33-22-45-37(48-33)34-20-42(6,44)23-50(34)40(53)36(26(3)4)49-41(54)55-7;;;;;;/h11-16,19,22,25-27,34-36H,8,17-18,20-21,23-24H2,1-7H3,(H,45,48)(H,46,47)(H,49,54);6*1H2/t27-,34-,35-,36-,42-,43-;;;;;;/m0....../s1. The van der Waals surface area contributed by atoms with Gasteiger partial charge < -0.3 is 34.6 Å². The lowest BCUT2D eigenvalue weighted by Gasteiger charge is -2.29. The van der Waals surface area contributed by atoms with E-state index in [2.05, 4.69) is 46.0 Å². The summed E-state index contributed by atoms with van der Waals surface area (Å²) in [6.07, 6.45) is 3.72. The minimum atomic E-state index is -1.62. The molecule has 3 fully saturated rings. The van der Waals surface area contributed by atoms with Crippen LogP contribution < -0.4 is 5.32 Å². The highest BCUT2D eigenvalue weighted by atomic mass is 32.1. The predicted octanol–water partition coefficient (Wildman–Crippen LogP) is 7.53. The van der Waals surface area contributed by atoms with Crippen LogP contribution in [0.3, 0.4) is 0 Å². The number of aromatic amines is 2. The van der Waals surface area contributed by atoms with Gasteiger partial charge in [-0.25, -0.2) is 19.2 Å². The van der Waals surface area contributed by atoms with Crippen LogP contribution in [0.5, 0.6) is 0 Å². The number of fused-ring (bicyclic) bond motifs is 1. The van der Waals surface area contributed by atoms with Gasteiger partial charge in [0.15, 0.2) is 0 Å². The number of alkyl carbamates (subject to hydrolysis) is 1. The molecule has 3 saturated heterocycles. The SMILES string of the molecule is COC(=O)N[C@H](C(=O)N1C[C@@](C)(F)C[C@H]1c1ncc(-c2ccc(C#Cc3ccc4nc([C@@H]5C[C@@]6(CCCO6)CN5C(=O)[C@@H](C)C(C)C)[nH]c4c3)cc2)[nH]1)C(C)C.S.S.S.S.S.S. The van der Waals surface area contributed by atoms with Gasteiger partial charge in [-0.05, 0) is 67.5 Å². The Balaban J connectivity index is 0.00000320. The number of rotatable bonds is 8. The molecule has 19 heteroatoms. The van der Waals surface area contributed by atoms with Crippen molar-refractivity contribution in [3.63, 3.8) is 0 Å². The number of nitrogens with zero attached hydrogens (tertiary/aromatic N) is 4.